The molecule has 0 radical (unpaired) electrons. The summed E-state index contributed by atoms with van der Waals surface area (Å²) in [7, 11) is 1.60. The molecule has 0 fully saturated rings. The molecular formula is C17H28N2O5. The van der Waals surface area contributed by atoms with Crippen LogP contribution in [0.2, 0.25) is 0 Å². The molecule has 1 aliphatic rings. The van der Waals surface area contributed by atoms with Crippen LogP contribution in [0.25, 0.3) is 0 Å². The summed E-state index contributed by atoms with van der Waals surface area (Å²) < 4.78 is 10.5. The topological polar surface area (TPSA) is 76.2 Å². The Hall–Kier alpha value is -2.05. The molecule has 1 aliphatic heterocycles. The van der Waals surface area contributed by atoms with Gasteiger partial charge in [-0.15, -0.1) is 0 Å². The number of carbonyl (C=O) groups excluding carboxylic acids is 3. The van der Waals surface area contributed by atoms with Gasteiger partial charge in [0.15, 0.2) is 0 Å². The number of likely N-dealkylation sites (N-methyl/N-ethyl adjacent to an activating group) is 1. The van der Waals surface area contributed by atoms with Gasteiger partial charge < -0.3 is 14.4 Å². The van der Waals surface area contributed by atoms with Gasteiger partial charge in [-0.2, -0.15) is 0 Å². The number of hydrogen-bond donors (Lipinski definition) is 0. The first-order valence-electron chi connectivity index (χ1n) is 8.19. The van der Waals surface area contributed by atoms with Gasteiger partial charge in [-0.1, -0.05) is 6.92 Å². The number of rotatable bonds is 4. The lowest BCUT2D eigenvalue weighted by Crippen LogP contribution is -2.41. The summed E-state index contributed by atoms with van der Waals surface area (Å²) in [4.78, 5) is 39.7. The van der Waals surface area contributed by atoms with Crippen LogP contribution >= 0.6 is 0 Å². The van der Waals surface area contributed by atoms with Gasteiger partial charge in [-0.3, -0.25) is 9.69 Å². The molecule has 0 saturated heterocycles. The van der Waals surface area contributed by atoms with Crippen molar-refractivity contribution in [1.29, 1.82) is 0 Å². The molecule has 0 aromatic heterocycles. The minimum atomic E-state index is -0.644. The van der Waals surface area contributed by atoms with Crippen LogP contribution in [0.15, 0.2) is 11.3 Å². The number of ether oxygens (including phenoxy) is 2. The van der Waals surface area contributed by atoms with Crippen LogP contribution in [0.5, 0.6) is 0 Å². The van der Waals surface area contributed by atoms with Gasteiger partial charge in [0.1, 0.15) is 5.60 Å². The minimum Gasteiger partial charge on any atom is -0.463 e. The van der Waals surface area contributed by atoms with Crippen molar-refractivity contribution in [3.8, 4) is 0 Å². The molecule has 1 unspecified atom stereocenters. The minimum absolute atomic E-state index is 0.131. The van der Waals surface area contributed by atoms with Gasteiger partial charge in [0, 0.05) is 13.5 Å². The lowest BCUT2D eigenvalue weighted by atomic mass is 10.1. The van der Waals surface area contributed by atoms with E-state index in [-0.39, 0.29) is 19.1 Å². The predicted molar refractivity (Wildman–Crippen MR) is 89.1 cm³/mol. The summed E-state index contributed by atoms with van der Waals surface area (Å²) in [6.07, 6.45) is -0.221. The largest absolute Gasteiger partial charge is 0.463 e. The van der Waals surface area contributed by atoms with Gasteiger partial charge in [0.2, 0.25) is 5.91 Å². The molecule has 1 rings (SSSR count). The molecule has 2 amide bonds. The fourth-order valence-corrected chi connectivity index (χ4v) is 2.50. The highest BCUT2D eigenvalue weighted by Crippen LogP contribution is 2.29. The van der Waals surface area contributed by atoms with E-state index in [9.17, 15) is 14.4 Å². The summed E-state index contributed by atoms with van der Waals surface area (Å²) >= 11 is 0. The molecule has 7 heteroatoms. The second kappa shape index (κ2) is 7.68. The van der Waals surface area contributed by atoms with Gasteiger partial charge in [-0.05, 0) is 34.6 Å². The van der Waals surface area contributed by atoms with Crippen LogP contribution in [0.4, 0.5) is 4.79 Å². The maximum atomic E-state index is 12.4. The molecule has 24 heavy (non-hydrogen) atoms. The first-order valence-corrected chi connectivity index (χ1v) is 8.19. The van der Waals surface area contributed by atoms with Gasteiger partial charge in [0.25, 0.3) is 0 Å². The molecule has 0 saturated carbocycles. The quantitative estimate of drug-likeness (QED) is 0.734. The molecule has 7 nitrogen and oxygen atoms in total. The van der Waals surface area contributed by atoms with Crippen molar-refractivity contribution in [3.63, 3.8) is 0 Å². The predicted octanol–water partition coefficient (Wildman–Crippen LogP) is 2.31. The highest BCUT2D eigenvalue weighted by molar-refractivity contribution is 5.94. The Bertz CT molecular complexity index is 548. The van der Waals surface area contributed by atoms with Crippen LogP contribution < -0.4 is 0 Å². The lowest BCUT2D eigenvalue weighted by molar-refractivity contribution is -0.139. The SMILES string of the molecule is CCOC(=O)C1=C(N(C)C(=O)CC)CN(C(=O)OC(C)(C)C)C1C. The van der Waals surface area contributed by atoms with Gasteiger partial charge in [0.05, 0.1) is 30.5 Å². The maximum Gasteiger partial charge on any atom is 0.411 e. The van der Waals surface area contributed by atoms with E-state index < -0.39 is 23.7 Å². The van der Waals surface area contributed by atoms with Crippen molar-refractivity contribution in [2.24, 2.45) is 0 Å². The zero-order chi connectivity index (χ0) is 18.7. The molecule has 1 heterocycles. The van der Waals surface area contributed by atoms with E-state index in [0.29, 0.717) is 17.7 Å². The normalized spacial score (nSPS) is 17.8. The summed E-state index contributed by atoms with van der Waals surface area (Å²) in [5.74, 6) is -0.646. The first-order chi connectivity index (χ1) is 11.0. The first kappa shape index (κ1) is 20.0. The Morgan fingerprint density at radius 2 is 1.83 bits per heavy atom. The lowest BCUT2D eigenvalue weighted by Gasteiger charge is -2.28. The van der Waals surface area contributed by atoms with Gasteiger partial charge in [-0.25, -0.2) is 9.59 Å². The van der Waals surface area contributed by atoms with E-state index in [2.05, 4.69) is 0 Å². The van der Waals surface area contributed by atoms with E-state index in [0.717, 1.165) is 0 Å². The number of amides is 2. The molecule has 0 bridgehead atoms. The molecule has 0 aromatic carbocycles. The van der Waals surface area contributed by atoms with Crippen molar-refractivity contribution in [3.05, 3.63) is 11.3 Å². The second-order valence-corrected chi connectivity index (χ2v) is 6.67. The number of carbonyl (C=O) groups is 3. The Morgan fingerprint density at radius 3 is 2.29 bits per heavy atom. The van der Waals surface area contributed by atoms with Gasteiger partial charge >= 0.3 is 12.1 Å². The van der Waals surface area contributed by atoms with E-state index >= 15 is 0 Å². The molecule has 136 valence electrons. The molecule has 0 N–H and O–H groups in total. The summed E-state index contributed by atoms with van der Waals surface area (Å²) in [5.41, 5.74) is 0.167. The molecule has 0 aliphatic carbocycles. The van der Waals surface area contributed by atoms with Crippen molar-refractivity contribution in [2.75, 3.05) is 20.2 Å². The third-order valence-corrected chi connectivity index (χ3v) is 3.72. The molecule has 0 spiro atoms. The third kappa shape index (κ3) is 4.49. The number of nitrogens with zero attached hydrogens (tertiary/aromatic N) is 2. The average Bonchev–Trinajstić information content (AvgIpc) is 2.81. The van der Waals surface area contributed by atoms with Crippen molar-refractivity contribution < 1.29 is 23.9 Å². The highest BCUT2D eigenvalue weighted by atomic mass is 16.6. The highest BCUT2D eigenvalue weighted by Gasteiger charge is 2.41. The molecular weight excluding hydrogens is 312 g/mol. The van der Waals surface area contributed by atoms with E-state index in [1.165, 1.54) is 9.80 Å². The number of esters is 1. The second-order valence-electron chi connectivity index (χ2n) is 6.67. The molecule has 1 atom stereocenters. The van der Waals surface area contributed by atoms with Crippen molar-refractivity contribution in [2.45, 2.75) is 59.6 Å². The zero-order valence-electron chi connectivity index (χ0n) is 15.6. The Kier molecular flexibility index (Phi) is 6.40. The summed E-state index contributed by atoms with van der Waals surface area (Å²) in [6, 6.07) is -0.527. The zero-order valence-corrected chi connectivity index (χ0v) is 15.6. The fraction of sp³-hybridized carbons (Fsp3) is 0.706. The van der Waals surface area contributed by atoms with Crippen molar-refractivity contribution >= 4 is 18.0 Å². The van der Waals surface area contributed by atoms with E-state index in [1.54, 1.807) is 48.6 Å². The standard InChI is InChI=1S/C17H28N2O5/c1-8-13(20)18(7)12-10-19(16(22)24-17(4,5)6)11(3)14(12)15(21)23-9-2/h11H,8-10H2,1-7H3. The smallest absolute Gasteiger partial charge is 0.411 e. The van der Waals surface area contributed by atoms with Crippen LogP contribution in [0.1, 0.15) is 48.0 Å². The average molecular weight is 340 g/mol. The third-order valence-electron chi connectivity index (χ3n) is 3.72. The maximum absolute atomic E-state index is 12.4. The Labute approximate surface area is 143 Å². The summed E-state index contributed by atoms with van der Waals surface area (Å²) in [6.45, 7) is 10.9. The van der Waals surface area contributed by atoms with Crippen LogP contribution in [0, 0.1) is 0 Å². The molecule has 0 aromatic rings. The van der Waals surface area contributed by atoms with Crippen LogP contribution in [0.3, 0.4) is 0 Å². The Balaban J connectivity index is 3.15. The monoisotopic (exact) mass is 340 g/mol. The Morgan fingerprint density at radius 1 is 1.25 bits per heavy atom. The van der Waals surface area contributed by atoms with Crippen LogP contribution in [-0.2, 0) is 19.1 Å². The summed E-state index contributed by atoms with van der Waals surface area (Å²) in [5, 5.41) is 0. The van der Waals surface area contributed by atoms with Crippen molar-refractivity contribution in [1.82, 2.24) is 9.80 Å². The van der Waals surface area contributed by atoms with E-state index in [4.69, 9.17) is 9.47 Å². The fourth-order valence-electron chi connectivity index (χ4n) is 2.50. The van der Waals surface area contributed by atoms with Crippen LogP contribution in [-0.4, -0.2) is 59.6 Å². The number of hydrogen-bond acceptors (Lipinski definition) is 5. The van der Waals surface area contributed by atoms with E-state index in [1.807, 2.05) is 0 Å².